The molecule has 0 atom stereocenters. The number of nitrogens with zero attached hydrogens (tertiary/aromatic N) is 1. The number of benzene rings is 3. The van der Waals surface area contributed by atoms with Crippen LogP contribution in [-0.2, 0) is 16.2 Å². The average Bonchev–Trinajstić information content (AvgIpc) is 2.81. The largest absolute Gasteiger partial charge is 0.490 e. The molecule has 0 aromatic heterocycles. The van der Waals surface area contributed by atoms with Crippen molar-refractivity contribution in [1.29, 1.82) is 0 Å². The number of nitrogens with one attached hydrogen (secondary N) is 2. The zero-order valence-electron chi connectivity index (χ0n) is 19.0. The monoisotopic (exact) mass is 479 g/mol. The van der Waals surface area contributed by atoms with E-state index in [0.29, 0.717) is 41.0 Å². The number of aryl methyl sites for hydroxylation is 1. The van der Waals surface area contributed by atoms with Crippen LogP contribution in [-0.4, -0.2) is 24.6 Å². The predicted octanol–water partition coefficient (Wildman–Crippen LogP) is 5.11. The second-order valence-electron chi connectivity index (χ2n) is 7.35. The summed E-state index contributed by atoms with van der Waals surface area (Å²) < 4.78 is 11.6. The third-order valence-corrected chi connectivity index (χ3v) is 5.12. The van der Waals surface area contributed by atoms with Crippen LogP contribution in [0.3, 0.4) is 0 Å². The quantitative estimate of drug-likeness (QED) is 0.240. The first-order valence-electron chi connectivity index (χ1n) is 10.8. The number of carbonyl (C=O) groups excluding carboxylic acids is 2. The minimum atomic E-state index is -0.521. The summed E-state index contributed by atoms with van der Waals surface area (Å²) in [6.45, 7) is 4.51. The van der Waals surface area contributed by atoms with Crippen LogP contribution in [0.25, 0.3) is 0 Å². The smallest absolute Gasteiger partial charge is 0.249 e. The van der Waals surface area contributed by atoms with E-state index >= 15 is 0 Å². The fraction of sp³-hybridized carbons (Fsp3) is 0.192. The summed E-state index contributed by atoms with van der Waals surface area (Å²) in [5.41, 5.74) is 5.51. The molecule has 3 rings (SSSR count). The Balaban J connectivity index is 1.55. The van der Waals surface area contributed by atoms with Gasteiger partial charge >= 0.3 is 0 Å². The van der Waals surface area contributed by atoms with Crippen molar-refractivity contribution in [2.45, 2.75) is 26.9 Å². The van der Waals surface area contributed by atoms with E-state index < -0.39 is 11.8 Å². The van der Waals surface area contributed by atoms with Crippen LogP contribution in [0.2, 0.25) is 5.02 Å². The Labute approximate surface area is 203 Å². The van der Waals surface area contributed by atoms with Crippen molar-refractivity contribution in [2.24, 2.45) is 5.10 Å². The Morgan fingerprint density at radius 1 is 0.971 bits per heavy atom. The van der Waals surface area contributed by atoms with E-state index in [4.69, 9.17) is 21.1 Å². The highest BCUT2D eigenvalue weighted by Crippen LogP contribution is 2.29. The number of rotatable bonds is 10. The van der Waals surface area contributed by atoms with Crippen molar-refractivity contribution in [2.75, 3.05) is 11.9 Å². The molecule has 0 saturated carbocycles. The summed E-state index contributed by atoms with van der Waals surface area (Å²) in [5.74, 6) is 0.172. The van der Waals surface area contributed by atoms with Gasteiger partial charge in [0.25, 0.3) is 0 Å². The van der Waals surface area contributed by atoms with Gasteiger partial charge in [-0.05, 0) is 55.3 Å². The van der Waals surface area contributed by atoms with Crippen LogP contribution in [0.5, 0.6) is 11.5 Å². The van der Waals surface area contributed by atoms with Crippen LogP contribution in [0, 0.1) is 6.92 Å². The lowest BCUT2D eigenvalue weighted by Crippen LogP contribution is -2.24. The molecule has 0 bridgehead atoms. The molecule has 2 N–H and O–H groups in total. The maximum Gasteiger partial charge on any atom is 0.249 e. The first kappa shape index (κ1) is 24.8. The molecule has 0 aliphatic heterocycles. The highest BCUT2D eigenvalue weighted by molar-refractivity contribution is 6.31. The van der Waals surface area contributed by atoms with Crippen molar-refractivity contribution in [1.82, 2.24) is 5.43 Å². The van der Waals surface area contributed by atoms with E-state index in [1.165, 1.54) is 6.21 Å². The number of carbonyl (C=O) groups is 2. The van der Waals surface area contributed by atoms with E-state index in [1.807, 2.05) is 56.3 Å². The van der Waals surface area contributed by atoms with Gasteiger partial charge in [0.2, 0.25) is 11.8 Å². The van der Waals surface area contributed by atoms with E-state index in [-0.39, 0.29) is 6.42 Å². The van der Waals surface area contributed by atoms with Gasteiger partial charge in [-0.15, -0.1) is 0 Å². The first-order chi connectivity index (χ1) is 16.5. The summed E-state index contributed by atoms with van der Waals surface area (Å²) in [5, 5.41) is 7.28. The van der Waals surface area contributed by atoms with Crippen molar-refractivity contribution in [3.8, 4) is 11.5 Å². The lowest BCUT2D eigenvalue weighted by Gasteiger charge is -2.13. The fourth-order valence-electron chi connectivity index (χ4n) is 3.04. The molecule has 176 valence electrons. The van der Waals surface area contributed by atoms with Gasteiger partial charge in [0.1, 0.15) is 13.0 Å². The number of hydrogen-bond donors (Lipinski definition) is 2. The van der Waals surface area contributed by atoms with E-state index in [9.17, 15) is 9.59 Å². The van der Waals surface area contributed by atoms with Crippen molar-refractivity contribution in [3.05, 3.63) is 88.4 Å². The number of halogens is 1. The zero-order valence-corrected chi connectivity index (χ0v) is 19.8. The second-order valence-corrected chi connectivity index (χ2v) is 7.76. The minimum Gasteiger partial charge on any atom is -0.490 e. The van der Waals surface area contributed by atoms with Gasteiger partial charge in [0.05, 0.1) is 12.8 Å². The number of hydrazone groups is 1. The molecule has 0 heterocycles. The van der Waals surface area contributed by atoms with E-state index in [0.717, 1.165) is 11.1 Å². The first-order valence-corrected chi connectivity index (χ1v) is 11.1. The summed E-state index contributed by atoms with van der Waals surface area (Å²) in [4.78, 5) is 24.1. The number of anilines is 1. The van der Waals surface area contributed by atoms with Gasteiger partial charge in [-0.1, -0.05) is 48.0 Å². The number of ether oxygens (including phenoxy) is 2. The van der Waals surface area contributed by atoms with Gasteiger partial charge in [-0.25, -0.2) is 5.43 Å². The molecule has 0 unspecified atom stereocenters. The van der Waals surface area contributed by atoms with Crippen LogP contribution in [0.4, 0.5) is 5.69 Å². The predicted molar refractivity (Wildman–Crippen MR) is 134 cm³/mol. The van der Waals surface area contributed by atoms with E-state index in [1.54, 1.807) is 24.3 Å². The second kappa shape index (κ2) is 12.4. The SMILES string of the molecule is CCOc1cc(C=NNC(=O)CC(=O)Nc2ccccc2C)ccc1OCc1ccccc1Cl. The fourth-order valence-corrected chi connectivity index (χ4v) is 3.23. The molecule has 8 heteroatoms. The average molecular weight is 480 g/mol. The van der Waals surface area contributed by atoms with Gasteiger partial charge < -0.3 is 14.8 Å². The molecule has 0 spiro atoms. The number of hydrogen-bond acceptors (Lipinski definition) is 5. The number of amides is 2. The molecule has 0 fully saturated rings. The summed E-state index contributed by atoms with van der Waals surface area (Å²) >= 11 is 6.19. The van der Waals surface area contributed by atoms with Crippen molar-refractivity contribution >= 4 is 35.3 Å². The molecule has 0 aliphatic rings. The molecule has 2 amide bonds. The third-order valence-electron chi connectivity index (χ3n) is 4.75. The highest BCUT2D eigenvalue weighted by Gasteiger charge is 2.11. The Kier molecular flexibility index (Phi) is 9.05. The molecule has 0 saturated heterocycles. The molecule has 34 heavy (non-hydrogen) atoms. The van der Waals surface area contributed by atoms with Gasteiger partial charge in [0, 0.05) is 16.3 Å². The Hall–Kier alpha value is -3.84. The summed E-state index contributed by atoms with van der Waals surface area (Å²) in [7, 11) is 0. The van der Waals surface area contributed by atoms with Crippen LogP contribution < -0.4 is 20.2 Å². The Bertz CT molecular complexity index is 1180. The number of para-hydroxylation sites is 1. The van der Waals surface area contributed by atoms with Crippen molar-refractivity contribution in [3.63, 3.8) is 0 Å². The van der Waals surface area contributed by atoms with Crippen molar-refractivity contribution < 1.29 is 19.1 Å². The standard InChI is InChI=1S/C26H26ClN3O4/c1-3-33-24-14-19(12-13-23(24)34-17-20-9-5-6-10-21(20)27)16-28-30-26(32)15-25(31)29-22-11-7-4-8-18(22)2/h4-14,16H,3,15,17H2,1-2H3,(H,29,31)(H,30,32). The van der Waals surface area contributed by atoms with Gasteiger partial charge in [0.15, 0.2) is 11.5 Å². The Morgan fingerprint density at radius 2 is 1.74 bits per heavy atom. The molecule has 3 aromatic rings. The molecule has 0 radical (unpaired) electrons. The topological polar surface area (TPSA) is 89.0 Å². The van der Waals surface area contributed by atoms with Gasteiger partial charge in [-0.3, -0.25) is 9.59 Å². The van der Waals surface area contributed by atoms with Crippen LogP contribution in [0.1, 0.15) is 30.0 Å². The Morgan fingerprint density at radius 3 is 2.50 bits per heavy atom. The highest BCUT2D eigenvalue weighted by atomic mass is 35.5. The molecular weight excluding hydrogens is 454 g/mol. The maximum atomic E-state index is 12.1. The maximum absolute atomic E-state index is 12.1. The molecule has 0 aliphatic carbocycles. The van der Waals surface area contributed by atoms with E-state index in [2.05, 4.69) is 15.8 Å². The van der Waals surface area contributed by atoms with Crippen LogP contribution >= 0.6 is 11.6 Å². The van der Waals surface area contributed by atoms with Gasteiger partial charge in [-0.2, -0.15) is 5.10 Å². The normalized spacial score (nSPS) is 10.7. The molecular formula is C26H26ClN3O4. The summed E-state index contributed by atoms with van der Waals surface area (Å²) in [6, 6.07) is 20.1. The zero-order chi connectivity index (χ0) is 24.3. The summed E-state index contributed by atoms with van der Waals surface area (Å²) in [6.07, 6.45) is 1.13. The minimum absolute atomic E-state index is 0.299. The lowest BCUT2D eigenvalue weighted by molar-refractivity contribution is -0.126. The lowest BCUT2D eigenvalue weighted by atomic mass is 10.2. The molecule has 7 nitrogen and oxygen atoms in total. The third kappa shape index (κ3) is 7.35. The van der Waals surface area contributed by atoms with Crippen LogP contribution in [0.15, 0.2) is 71.8 Å². The molecule has 3 aromatic carbocycles.